The lowest BCUT2D eigenvalue weighted by Crippen LogP contribution is -2.32. The van der Waals surface area contributed by atoms with Crippen LogP contribution in [0.15, 0.2) is 30.3 Å². The summed E-state index contributed by atoms with van der Waals surface area (Å²) in [5, 5.41) is 3.43. The molecule has 1 aromatic heterocycles. The second-order valence-corrected chi connectivity index (χ2v) is 6.11. The lowest BCUT2D eigenvalue weighted by molar-refractivity contribution is -0.141. The van der Waals surface area contributed by atoms with Crippen LogP contribution < -0.4 is 0 Å². The van der Waals surface area contributed by atoms with Crippen molar-refractivity contribution in [2.24, 2.45) is 7.05 Å². The van der Waals surface area contributed by atoms with Gasteiger partial charge in [0.15, 0.2) is 5.69 Å². The quantitative estimate of drug-likeness (QED) is 0.838. The Bertz CT molecular complexity index is 767. The van der Waals surface area contributed by atoms with Gasteiger partial charge in [0.1, 0.15) is 5.69 Å². The predicted molar refractivity (Wildman–Crippen MR) is 82.4 cm³/mol. The van der Waals surface area contributed by atoms with Gasteiger partial charge < -0.3 is 4.90 Å². The van der Waals surface area contributed by atoms with E-state index in [1.165, 1.54) is 7.05 Å². The number of hydrogen-bond donors (Lipinski definition) is 0. The molecule has 0 radical (unpaired) electrons. The molecule has 3 rings (SSSR count). The first kappa shape index (κ1) is 16.5. The number of aryl methyl sites for hydroxylation is 2. The van der Waals surface area contributed by atoms with Crippen LogP contribution >= 0.6 is 0 Å². The number of alkyl halides is 3. The van der Waals surface area contributed by atoms with E-state index in [1.54, 1.807) is 4.90 Å². The van der Waals surface area contributed by atoms with Crippen LogP contribution in [0.3, 0.4) is 0 Å². The van der Waals surface area contributed by atoms with E-state index in [-0.39, 0.29) is 11.7 Å². The average molecular weight is 337 g/mol. The van der Waals surface area contributed by atoms with Crippen LogP contribution in [-0.2, 0) is 13.2 Å². The van der Waals surface area contributed by atoms with E-state index in [0.717, 1.165) is 34.7 Å². The Morgan fingerprint density at radius 2 is 2.04 bits per heavy atom. The minimum atomic E-state index is -4.56. The van der Waals surface area contributed by atoms with E-state index in [0.29, 0.717) is 6.54 Å². The van der Waals surface area contributed by atoms with Gasteiger partial charge in [-0.25, -0.2) is 0 Å². The van der Waals surface area contributed by atoms with E-state index in [4.69, 9.17) is 0 Å². The first-order valence-corrected chi connectivity index (χ1v) is 7.76. The van der Waals surface area contributed by atoms with Gasteiger partial charge in [0.05, 0.1) is 6.04 Å². The molecule has 24 heavy (non-hydrogen) atoms. The normalized spacial score (nSPS) is 18.2. The predicted octanol–water partition coefficient (Wildman–Crippen LogP) is 3.72. The van der Waals surface area contributed by atoms with Crippen LogP contribution in [0.4, 0.5) is 13.2 Å². The van der Waals surface area contributed by atoms with Crippen molar-refractivity contribution in [3.05, 3.63) is 52.8 Å². The number of benzene rings is 1. The number of carbonyl (C=O) groups is 1. The Kier molecular flexibility index (Phi) is 4.11. The summed E-state index contributed by atoms with van der Waals surface area (Å²) in [6.07, 6.45) is -2.93. The van der Waals surface area contributed by atoms with Gasteiger partial charge in [0.25, 0.3) is 5.91 Å². The topological polar surface area (TPSA) is 38.1 Å². The molecule has 7 heteroatoms. The molecule has 0 spiro atoms. The van der Waals surface area contributed by atoms with Crippen molar-refractivity contribution in [2.45, 2.75) is 32.0 Å². The highest BCUT2D eigenvalue weighted by atomic mass is 19.4. The maximum Gasteiger partial charge on any atom is 0.435 e. The Morgan fingerprint density at radius 1 is 1.29 bits per heavy atom. The van der Waals surface area contributed by atoms with Crippen molar-refractivity contribution in [3.63, 3.8) is 0 Å². The molecule has 0 bridgehead atoms. The smallest absolute Gasteiger partial charge is 0.330 e. The first-order valence-electron chi connectivity index (χ1n) is 7.76. The maximum atomic E-state index is 12.8. The monoisotopic (exact) mass is 337 g/mol. The second-order valence-electron chi connectivity index (χ2n) is 6.11. The van der Waals surface area contributed by atoms with Gasteiger partial charge in [-0.2, -0.15) is 18.3 Å². The van der Waals surface area contributed by atoms with Gasteiger partial charge in [-0.15, -0.1) is 0 Å². The van der Waals surface area contributed by atoms with Crippen LogP contribution in [0, 0.1) is 6.92 Å². The third kappa shape index (κ3) is 3.02. The molecular weight excluding hydrogens is 319 g/mol. The molecule has 1 aliphatic rings. The van der Waals surface area contributed by atoms with Crippen molar-refractivity contribution in [2.75, 3.05) is 6.54 Å². The summed E-state index contributed by atoms with van der Waals surface area (Å²) in [6, 6.07) is 8.59. The molecule has 128 valence electrons. The molecule has 2 aromatic rings. The molecule has 1 saturated heterocycles. The standard InChI is InChI=1S/C17H18F3N3O/c1-11-5-3-6-12(9-11)13-7-4-8-23(13)16(24)14-10-15(17(18,19)20)21-22(14)2/h3,5-6,9-10,13H,4,7-8H2,1-2H3/t13-/m0/s1. The highest BCUT2D eigenvalue weighted by Crippen LogP contribution is 2.34. The minimum absolute atomic E-state index is 0.0399. The molecule has 0 N–H and O–H groups in total. The van der Waals surface area contributed by atoms with E-state index in [1.807, 2.05) is 31.2 Å². The Morgan fingerprint density at radius 3 is 2.67 bits per heavy atom. The fraction of sp³-hybridized carbons (Fsp3) is 0.412. The molecule has 2 heterocycles. The molecule has 1 atom stereocenters. The number of likely N-dealkylation sites (tertiary alicyclic amines) is 1. The fourth-order valence-electron chi connectivity index (χ4n) is 3.19. The number of amides is 1. The third-order valence-electron chi connectivity index (χ3n) is 4.33. The summed E-state index contributed by atoms with van der Waals surface area (Å²) in [7, 11) is 1.36. The van der Waals surface area contributed by atoms with E-state index < -0.39 is 17.8 Å². The molecule has 1 aliphatic heterocycles. The number of hydrogen-bond acceptors (Lipinski definition) is 2. The number of halogens is 3. The molecule has 1 fully saturated rings. The first-order chi connectivity index (χ1) is 11.3. The van der Waals surface area contributed by atoms with E-state index >= 15 is 0 Å². The zero-order valence-electron chi connectivity index (χ0n) is 13.5. The summed E-state index contributed by atoms with van der Waals surface area (Å²) < 4.78 is 39.4. The van der Waals surface area contributed by atoms with Gasteiger partial charge in [-0.3, -0.25) is 9.48 Å². The second kappa shape index (κ2) is 5.96. The van der Waals surface area contributed by atoms with Crippen molar-refractivity contribution in [3.8, 4) is 0 Å². The van der Waals surface area contributed by atoms with Crippen LogP contribution in [0.2, 0.25) is 0 Å². The summed E-state index contributed by atoms with van der Waals surface area (Å²) in [4.78, 5) is 14.4. The summed E-state index contributed by atoms with van der Waals surface area (Å²) >= 11 is 0. The number of carbonyl (C=O) groups excluding carboxylic acids is 1. The molecule has 1 amide bonds. The summed E-state index contributed by atoms with van der Waals surface area (Å²) in [5.41, 5.74) is 1.02. The zero-order chi connectivity index (χ0) is 17.5. The molecule has 0 saturated carbocycles. The molecule has 1 aromatic carbocycles. The summed E-state index contributed by atoms with van der Waals surface area (Å²) in [5.74, 6) is -0.412. The SMILES string of the molecule is Cc1cccc([C@@H]2CCCN2C(=O)c2cc(C(F)(F)F)nn2C)c1. The van der Waals surface area contributed by atoms with Gasteiger partial charge in [-0.05, 0) is 25.3 Å². The molecular formula is C17H18F3N3O. The van der Waals surface area contributed by atoms with Crippen LogP contribution in [0.25, 0.3) is 0 Å². The van der Waals surface area contributed by atoms with Crippen molar-refractivity contribution in [1.82, 2.24) is 14.7 Å². The number of nitrogens with zero attached hydrogens (tertiary/aromatic N) is 3. The molecule has 0 aliphatic carbocycles. The highest BCUT2D eigenvalue weighted by molar-refractivity contribution is 5.93. The van der Waals surface area contributed by atoms with Crippen molar-refractivity contribution >= 4 is 5.91 Å². The largest absolute Gasteiger partial charge is 0.435 e. The Balaban J connectivity index is 1.90. The van der Waals surface area contributed by atoms with Crippen LogP contribution in [0.5, 0.6) is 0 Å². The Labute approximate surface area is 137 Å². The Hall–Kier alpha value is -2.31. The van der Waals surface area contributed by atoms with Gasteiger partial charge in [-0.1, -0.05) is 29.8 Å². The van der Waals surface area contributed by atoms with Gasteiger partial charge in [0, 0.05) is 19.7 Å². The van der Waals surface area contributed by atoms with Crippen LogP contribution in [-0.4, -0.2) is 27.1 Å². The fourth-order valence-corrected chi connectivity index (χ4v) is 3.19. The van der Waals surface area contributed by atoms with Gasteiger partial charge >= 0.3 is 6.18 Å². The molecule has 0 unspecified atom stereocenters. The number of rotatable bonds is 2. The maximum absolute atomic E-state index is 12.8. The lowest BCUT2D eigenvalue weighted by atomic mass is 10.0. The zero-order valence-corrected chi connectivity index (χ0v) is 13.5. The highest BCUT2D eigenvalue weighted by Gasteiger charge is 2.37. The van der Waals surface area contributed by atoms with Crippen LogP contribution in [0.1, 0.15) is 46.2 Å². The molecule has 4 nitrogen and oxygen atoms in total. The van der Waals surface area contributed by atoms with E-state index in [2.05, 4.69) is 5.10 Å². The van der Waals surface area contributed by atoms with E-state index in [9.17, 15) is 18.0 Å². The van der Waals surface area contributed by atoms with Crippen molar-refractivity contribution < 1.29 is 18.0 Å². The lowest BCUT2D eigenvalue weighted by Gasteiger charge is -2.25. The average Bonchev–Trinajstić information content (AvgIpc) is 3.12. The number of aromatic nitrogens is 2. The minimum Gasteiger partial charge on any atom is -0.330 e. The van der Waals surface area contributed by atoms with Gasteiger partial charge in [0.2, 0.25) is 0 Å². The summed E-state index contributed by atoms with van der Waals surface area (Å²) in [6.45, 7) is 2.51. The van der Waals surface area contributed by atoms with Crippen molar-refractivity contribution in [1.29, 1.82) is 0 Å². The third-order valence-corrected chi connectivity index (χ3v) is 4.33.